The van der Waals surface area contributed by atoms with Crippen LogP contribution in [0.25, 0.3) is 10.9 Å². The summed E-state index contributed by atoms with van der Waals surface area (Å²) in [5.41, 5.74) is 2.32. The van der Waals surface area contributed by atoms with Crippen LogP contribution in [0.15, 0.2) is 36.5 Å². The van der Waals surface area contributed by atoms with Crippen molar-refractivity contribution in [2.24, 2.45) is 0 Å². The molecule has 1 aliphatic heterocycles. The van der Waals surface area contributed by atoms with Crippen LogP contribution in [0.4, 0.5) is 5.69 Å². The van der Waals surface area contributed by atoms with Crippen molar-refractivity contribution in [2.75, 3.05) is 25.0 Å². The molecular formula is C15H19N3. The molecule has 1 aromatic heterocycles. The predicted molar refractivity (Wildman–Crippen MR) is 76.0 cm³/mol. The Kier molecular flexibility index (Phi) is 3.15. The van der Waals surface area contributed by atoms with Gasteiger partial charge < -0.3 is 10.2 Å². The van der Waals surface area contributed by atoms with E-state index in [-0.39, 0.29) is 0 Å². The number of hydrogen-bond acceptors (Lipinski definition) is 3. The number of nitrogens with zero attached hydrogens (tertiary/aromatic N) is 2. The standard InChI is InChI=1S/C15H19N3/c1-16-13-6-4-8-18(11-13)14-9-12-5-2-3-7-15(12)17-10-14/h2-3,5,7,9-10,13,16H,4,6,8,11H2,1H3. The van der Waals surface area contributed by atoms with Gasteiger partial charge in [0, 0.05) is 24.5 Å². The largest absolute Gasteiger partial charge is 0.369 e. The highest BCUT2D eigenvalue weighted by molar-refractivity contribution is 5.81. The number of likely N-dealkylation sites (N-methyl/N-ethyl adjacent to an activating group) is 1. The van der Waals surface area contributed by atoms with Crippen LogP contribution in [0.1, 0.15) is 12.8 Å². The topological polar surface area (TPSA) is 28.2 Å². The minimum absolute atomic E-state index is 0.602. The molecule has 1 atom stereocenters. The van der Waals surface area contributed by atoms with Gasteiger partial charge in [0.1, 0.15) is 0 Å². The fourth-order valence-electron chi connectivity index (χ4n) is 2.68. The minimum atomic E-state index is 0.602. The van der Waals surface area contributed by atoms with Crippen LogP contribution in [0.2, 0.25) is 0 Å². The second-order valence-corrected chi connectivity index (χ2v) is 4.96. The Morgan fingerprint density at radius 2 is 2.22 bits per heavy atom. The number of piperidine rings is 1. The number of para-hydroxylation sites is 1. The fourth-order valence-corrected chi connectivity index (χ4v) is 2.68. The van der Waals surface area contributed by atoms with E-state index in [1.165, 1.54) is 23.9 Å². The van der Waals surface area contributed by atoms with Gasteiger partial charge in [-0.25, -0.2) is 0 Å². The molecule has 2 aromatic rings. The summed E-state index contributed by atoms with van der Waals surface area (Å²) >= 11 is 0. The molecule has 0 spiro atoms. The van der Waals surface area contributed by atoms with Crippen LogP contribution in [-0.2, 0) is 0 Å². The van der Waals surface area contributed by atoms with Crippen molar-refractivity contribution < 1.29 is 0 Å². The third-order valence-electron chi connectivity index (χ3n) is 3.77. The highest BCUT2D eigenvalue weighted by Crippen LogP contribution is 2.22. The number of nitrogens with one attached hydrogen (secondary N) is 1. The maximum absolute atomic E-state index is 4.55. The van der Waals surface area contributed by atoms with E-state index in [0.29, 0.717) is 6.04 Å². The van der Waals surface area contributed by atoms with E-state index in [2.05, 4.69) is 39.5 Å². The number of hydrogen-bond donors (Lipinski definition) is 1. The number of rotatable bonds is 2. The second-order valence-electron chi connectivity index (χ2n) is 4.96. The molecule has 1 aliphatic rings. The van der Waals surface area contributed by atoms with Crippen LogP contribution in [0.3, 0.4) is 0 Å². The van der Waals surface area contributed by atoms with Gasteiger partial charge in [0.25, 0.3) is 0 Å². The molecule has 1 aromatic carbocycles. The monoisotopic (exact) mass is 241 g/mol. The average Bonchev–Trinajstić information content (AvgIpc) is 2.47. The zero-order chi connectivity index (χ0) is 12.4. The predicted octanol–water partition coefficient (Wildman–Crippen LogP) is 2.42. The van der Waals surface area contributed by atoms with Crippen molar-refractivity contribution in [3.8, 4) is 0 Å². The second kappa shape index (κ2) is 4.94. The van der Waals surface area contributed by atoms with Crippen LogP contribution in [0, 0.1) is 0 Å². The van der Waals surface area contributed by atoms with E-state index in [1.807, 2.05) is 19.3 Å². The summed E-state index contributed by atoms with van der Waals surface area (Å²) < 4.78 is 0. The lowest BCUT2D eigenvalue weighted by molar-refractivity contribution is 0.449. The van der Waals surface area contributed by atoms with Gasteiger partial charge in [-0.3, -0.25) is 4.98 Å². The van der Waals surface area contributed by atoms with Crippen molar-refractivity contribution in [3.63, 3.8) is 0 Å². The van der Waals surface area contributed by atoms with Crippen molar-refractivity contribution in [1.29, 1.82) is 0 Å². The van der Waals surface area contributed by atoms with Gasteiger partial charge in [0.05, 0.1) is 17.4 Å². The molecule has 94 valence electrons. The molecule has 18 heavy (non-hydrogen) atoms. The minimum Gasteiger partial charge on any atom is -0.369 e. The summed E-state index contributed by atoms with van der Waals surface area (Å²) in [4.78, 5) is 6.98. The van der Waals surface area contributed by atoms with E-state index in [9.17, 15) is 0 Å². The first-order valence-electron chi connectivity index (χ1n) is 6.64. The normalized spacial score (nSPS) is 20.3. The van der Waals surface area contributed by atoms with E-state index in [1.54, 1.807) is 0 Å². The zero-order valence-corrected chi connectivity index (χ0v) is 10.8. The summed E-state index contributed by atoms with van der Waals surface area (Å²) in [6, 6.07) is 11.1. The van der Waals surface area contributed by atoms with Gasteiger partial charge >= 0.3 is 0 Å². The van der Waals surface area contributed by atoms with Crippen LogP contribution in [0.5, 0.6) is 0 Å². The van der Waals surface area contributed by atoms with Crippen LogP contribution in [-0.4, -0.2) is 31.2 Å². The molecule has 3 rings (SSSR count). The molecule has 0 bridgehead atoms. The summed E-state index contributed by atoms with van der Waals surface area (Å²) in [6.07, 6.45) is 4.52. The lowest BCUT2D eigenvalue weighted by atomic mass is 10.1. The average molecular weight is 241 g/mol. The van der Waals surface area contributed by atoms with Gasteiger partial charge in [-0.05, 0) is 32.0 Å². The maximum Gasteiger partial charge on any atom is 0.0703 e. The zero-order valence-electron chi connectivity index (χ0n) is 10.8. The fraction of sp³-hybridized carbons (Fsp3) is 0.400. The third kappa shape index (κ3) is 2.18. The Morgan fingerprint density at radius 1 is 1.33 bits per heavy atom. The van der Waals surface area contributed by atoms with Gasteiger partial charge in [0.15, 0.2) is 0 Å². The summed E-state index contributed by atoms with van der Waals surface area (Å²) in [5, 5.41) is 4.60. The number of aromatic nitrogens is 1. The van der Waals surface area contributed by atoms with Crippen LogP contribution < -0.4 is 10.2 Å². The van der Waals surface area contributed by atoms with E-state index in [0.717, 1.165) is 18.6 Å². The molecule has 3 heteroatoms. The smallest absolute Gasteiger partial charge is 0.0703 e. The van der Waals surface area contributed by atoms with E-state index in [4.69, 9.17) is 0 Å². The number of fused-ring (bicyclic) bond motifs is 1. The molecule has 3 nitrogen and oxygen atoms in total. The Labute approximate surface area is 108 Å². The molecule has 1 saturated heterocycles. The highest BCUT2D eigenvalue weighted by Gasteiger charge is 2.18. The van der Waals surface area contributed by atoms with E-state index >= 15 is 0 Å². The number of anilines is 1. The first-order valence-corrected chi connectivity index (χ1v) is 6.64. The number of benzene rings is 1. The van der Waals surface area contributed by atoms with Gasteiger partial charge in [-0.1, -0.05) is 18.2 Å². The number of pyridine rings is 1. The van der Waals surface area contributed by atoms with Crippen molar-refractivity contribution >= 4 is 16.6 Å². The quantitative estimate of drug-likeness (QED) is 0.875. The summed E-state index contributed by atoms with van der Waals surface area (Å²) in [5.74, 6) is 0. The van der Waals surface area contributed by atoms with Crippen molar-refractivity contribution in [3.05, 3.63) is 36.5 Å². The maximum atomic E-state index is 4.55. The third-order valence-corrected chi connectivity index (χ3v) is 3.77. The lowest BCUT2D eigenvalue weighted by Crippen LogP contribution is -2.44. The molecule has 1 N–H and O–H groups in total. The molecule has 2 heterocycles. The van der Waals surface area contributed by atoms with Gasteiger partial charge in [-0.2, -0.15) is 0 Å². The van der Waals surface area contributed by atoms with E-state index < -0.39 is 0 Å². The molecule has 0 radical (unpaired) electrons. The molecule has 1 unspecified atom stereocenters. The molecule has 1 fully saturated rings. The Bertz CT molecular complexity index is 538. The van der Waals surface area contributed by atoms with Crippen LogP contribution >= 0.6 is 0 Å². The van der Waals surface area contributed by atoms with Gasteiger partial charge in [-0.15, -0.1) is 0 Å². The van der Waals surface area contributed by atoms with Crippen molar-refractivity contribution in [1.82, 2.24) is 10.3 Å². The van der Waals surface area contributed by atoms with Gasteiger partial charge in [0.2, 0.25) is 0 Å². The molecular weight excluding hydrogens is 222 g/mol. The van der Waals surface area contributed by atoms with Crippen molar-refractivity contribution in [2.45, 2.75) is 18.9 Å². The molecule has 0 aliphatic carbocycles. The Balaban J connectivity index is 1.89. The lowest BCUT2D eigenvalue weighted by Gasteiger charge is -2.34. The summed E-state index contributed by atoms with van der Waals surface area (Å²) in [6.45, 7) is 2.22. The summed E-state index contributed by atoms with van der Waals surface area (Å²) in [7, 11) is 2.05. The Hall–Kier alpha value is -1.61. The molecule has 0 saturated carbocycles. The first kappa shape index (κ1) is 11.5. The highest BCUT2D eigenvalue weighted by atomic mass is 15.2. The molecule has 0 amide bonds. The first-order chi connectivity index (χ1) is 8.86. The Morgan fingerprint density at radius 3 is 3.11 bits per heavy atom. The SMILES string of the molecule is CNC1CCCN(c2cnc3ccccc3c2)C1.